The average molecular weight is 1880 g/mol. The Hall–Kier alpha value is -18.5. The van der Waals surface area contributed by atoms with E-state index in [9.17, 15) is 0 Å². The molecule has 0 aliphatic heterocycles. The van der Waals surface area contributed by atoms with Crippen LogP contribution in [0.2, 0.25) is 0 Å². The molecule has 0 radical (unpaired) electrons. The number of fused-ring (bicyclic) bond motifs is 36. The summed E-state index contributed by atoms with van der Waals surface area (Å²) in [5, 5.41) is 0. The van der Waals surface area contributed by atoms with E-state index < -0.39 is 10.8 Å². The standard InChI is InChI=1S/C56H37N.C46H33N.C43H29N/c1-4-18-38(19-5-1)55(39-20-6-2-7-21-39)49-28-14-10-26-45(49)47-34-32-41(36-53(47)55)57(40-22-8-3-9-23-40)42-33-35-48-46-27-13-17-31-52(46)56(54(48)37-42)50-29-15-11-24-43(50)44-25-12-16-30-51(44)56;1-45(2)39-20-10-6-16-33(39)37-26-24-31(28-43(37)45)47(30-14-4-3-5-15-30)32-25-27-38-36-19-9-13-23-42(36)46(44(38)29-32)40-21-11-7-17-34(40)35-18-8-12-22-41(35)46;1-3-13-30(14-4-1)31-23-25-33(26-24-31)44(32-15-5-2-6-16-32)34-27-28-38-37-19-9-12-22-41(37)43(42(38)29-34)39-20-10-7-17-35(39)36-18-8-11-21-40(36)43/h1-37H;3-29H,1-2H3;1-29H. The number of hydrogen-bond donors (Lipinski definition) is 0. The van der Waals surface area contributed by atoms with Crippen LogP contribution in [-0.2, 0) is 27.1 Å². The second kappa shape index (κ2) is 33.8. The van der Waals surface area contributed by atoms with Gasteiger partial charge in [-0.15, -0.1) is 0 Å². The Labute approximate surface area is 864 Å². The van der Waals surface area contributed by atoms with Crippen molar-refractivity contribution in [1.29, 1.82) is 0 Å². The zero-order valence-electron chi connectivity index (χ0n) is 82.0. The SMILES string of the molecule is CC1(C)c2ccccc2-c2ccc(N(c3ccccc3)c3ccc4c(c3)C3(c5ccccc5-c5ccccc53)c3ccccc3-4)cc21.c1ccc(-c2ccc(N(c3ccccc3)c3ccc4c(c3)C3(c5ccccc5-c5ccccc53)c3ccccc3-4)cc2)cc1.c1ccc(N(c2ccc3c(c2)C(c2ccccc2)(c2ccccc2)c2ccccc2-3)c2ccc3c(c2)C2(c4ccccc4-c4ccccc42)c2ccccc2-3)cc1. The van der Waals surface area contributed by atoms with Crippen LogP contribution in [0.4, 0.5) is 51.2 Å². The number of benzene rings is 23. The van der Waals surface area contributed by atoms with Crippen LogP contribution in [0.3, 0.4) is 0 Å². The first kappa shape index (κ1) is 86.2. The fourth-order valence-corrected chi connectivity index (χ4v) is 27.6. The second-order valence-electron chi connectivity index (χ2n) is 40.9. The molecule has 3 nitrogen and oxygen atoms in total. The lowest BCUT2D eigenvalue weighted by atomic mass is 9.67. The van der Waals surface area contributed by atoms with E-state index in [-0.39, 0.29) is 16.2 Å². The average Bonchev–Trinajstić information content (AvgIpc) is 1.51. The van der Waals surface area contributed by atoms with Gasteiger partial charge in [-0.05, 0) is 309 Å². The minimum atomic E-state index is -0.492. The highest BCUT2D eigenvalue weighted by atomic mass is 15.2. The van der Waals surface area contributed by atoms with E-state index in [4.69, 9.17) is 0 Å². The van der Waals surface area contributed by atoms with Crippen molar-refractivity contribution in [3.05, 3.63) is 664 Å². The Morgan fingerprint density at radius 2 is 0.277 bits per heavy atom. The molecule has 0 fully saturated rings. The third-order valence-electron chi connectivity index (χ3n) is 33.5. The normalized spacial score (nSPS) is 14.1. The Kier molecular flexibility index (Phi) is 19.7. The molecule has 23 aromatic rings. The van der Waals surface area contributed by atoms with Gasteiger partial charge >= 0.3 is 0 Å². The molecule has 31 rings (SSSR count). The molecule has 0 N–H and O–H groups in total. The zero-order chi connectivity index (χ0) is 98.0. The minimum absolute atomic E-state index is 0.0782. The lowest BCUT2D eigenvalue weighted by Gasteiger charge is -2.35. The minimum Gasteiger partial charge on any atom is -0.310 e. The van der Waals surface area contributed by atoms with Crippen LogP contribution in [-0.4, -0.2) is 0 Å². The van der Waals surface area contributed by atoms with Crippen molar-refractivity contribution in [3.63, 3.8) is 0 Å². The quantitative estimate of drug-likeness (QED) is 0.121. The number of hydrogen-bond acceptors (Lipinski definition) is 3. The van der Waals surface area contributed by atoms with Gasteiger partial charge in [-0.3, -0.25) is 0 Å². The fourth-order valence-electron chi connectivity index (χ4n) is 27.6. The fraction of sp³-hybridized carbons (Fsp3) is 0.0483. The summed E-state index contributed by atoms with van der Waals surface area (Å²) in [5.74, 6) is 0. The Morgan fingerprint density at radius 1 is 0.115 bits per heavy atom. The smallest absolute Gasteiger partial charge is 0.0726 e. The van der Waals surface area contributed by atoms with E-state index >= 15 is 0 Å². The molecule has 8 aliphatic carbocycles. The molecule has 0 unspecified atom stereocenters. The van der Waals surface area contributed by atoms with Gasteiger partial charge in [-0.1, -0.05) is 469 Å². The van der Waals surface area contributed by atoms with Gasteiger partial charge in [-0.2, -0.15) is 0 Å². The number of nitrogens with zero attached hydrogens (tertiary/aromatic N) is 3. The van der Waals surface area contributed by atoms with Crippen molar-refractivity contribution >= 4 is 51.2 Å². The maximum Gasteiger partial charge on any atom is 0.0726 e. The predicted molar refractivity (Wildman–Crippen MR) is 613 cm³/mol. The lowest BCUT2D eigenvalue weighted by molar-refractivity contribution is 0.660. The van der Waals surface area contributed by atoms with Crippen molar-refractivity contribution in [3.8, 4) is 100 Å². The van der Waals surface area contributed by atoms with E-state index in [0.717, 1.165) is 45.5 Å². The molecule has 148 heavy (non-hydrogen) atoms. The van der Waals surface area contributed by atoms with E-state index in [0.29, 0.717) is 0 Å². The van der Waals surface area contributed by atoms with Crippen molar-refractivity contribution in [2.24, 2.45) is 0 Å². The largest absolute Gasteiger partial charge is 0.310 e. The summed E-state index contributed by atoms with van der Waals surface area (Å²) >= 11 is 0. The summed E-state index contributed by atoms with van der Waals surface area (Å²) in [4.78, 5) is 7.30. The van der Waals surface area contributed by atoms with Gasteiger partial charge in [0.2, 0.25) is 0 Å². The zero-order valence-corrected chi connectivity index (χ0v) is 82.0. The van der Waals surface area contributed by atoms with Crippen LogP contribution in [0.5, 0.6) is 0 Å². The first-order chi connectivity index (χ1) is 73.2. The number of rotatable bonds is 12. The molecule has 0 atom stereocenters. The molecule has 3 heteroatoms. The summed E-state index contributed by atoms with van der Waals surface area (Å²) in [5.41, 5.74) is 56.2. The first-order valence-electron chi connectivity index (χ1n) is 51.8. The third-order valence-corrected chi connectivity index (χ3v) is 33.5. The third kappa shape index (κ3) is 12.4. The summed E-state index contributed by atoms with van der Waals surface area (Å²) in [6, 6.07) is 209. The molecule has 0 heterocycles. The number of anilines is 9. The van der Waals surface area contributed by atoms with Crippen molar-refractivity contribution < 1.29 is 0 Å². The van der Waals surface area contributed by atoms with Gasteiger partial charge in [0.25, 0.3) is 0 Å². The molecule has 0 amide bonds. The molecule has 0 saturated heterocycles. The van der Waals surface area contributed by atoms with Crippen molar-refractivity contribution in [2.45, 2.75) is 40.9 Å². The highest BCUT2D eigenvalue weighted by molar-refractivity contribution is 6.02. The van der Waals surface area contributed by atoms with E-state index in [1.807, 2.05) is 0 Å². The molecule has 23 aromatic carbocycles. The lowest BCUT2D eigenvalue weighted by Crippen LogP contribution is -2.28. The Bertz CT molecular complexity index is 8930. The van der Waals surface area contributed by atoms with Crippen LogP contribution in [0, 0.1) is 0 Å². The van der Waals surface area contributed by atoms with Gasteiger partial charge in [0, 0.05) is 56.6 Å². The molecular formula is C145H99N3. The van der Waals surface area contributed by atoms with Crippen molar-refractivity contribution in [2.75, 3.05) is 14.7 Å². The van der Waals surface area contributed by atoms with E-state index in [1.165, 1.54) is 206 Å². The molecule has 694 valence electrons. The first-order valence-corrected chi connectivity index (χ1v) is 51.8. The van der Waals surface area contributed by atoms with Gasteiger partial charge in [0.1, 0.15) is 0 Å². The second-order valence-corrected chi connectivity index (χ2v) is 40.9. The predicted octanol–water partition coefficient (Wildman–Crippen LogP) is 36.8. The molecule has 0 aromatic heterocycles. The Morgan fingerprint density at radius 3 is 0.541 bits per heavy atom. The monoisotopic (exact) mass is 1880 g/mol. The van der Waals surface area contributed by atoms with E-state index in [1.54, 1.807) is 0 Å². The molecular weight excluding hydrogens is 1780 g/mol. The highest BCUT2D eigenvalue weighted by Crippen LogP contribution is 2.69. The summed E-state index contributed by atoms with van der Waals surface area (Å²) < 4.78 is 0. The maximum atomic E-state index is 2.49. The topological polar surface area (TPSA) is 9.72 Å². The van der Waals surface area contributed by atoms with Crippen LogP contribution in [0.25, 0.3) is 100 Å². The van der Waals surface area contributed by atoms with Crippen molar-refractivity contribution in [1.82, 2.24) is 0 Å². The molecule has 0 bridgehead atoms. The summed E-state index contributed by atoms with van der Waals surface area (Å²) in [6.45, 7) is 4.72. The van der Waals surface area contributed by atoms with Gasteiger partial charge in [0.05, 0.1) is 21.7 Å². The molecule has 8 aliphatic rings. The highest BCUT2D eigenvalue weighted by Gasteiger charge is 2.56. The van der Waals surface area contributed by atoms with Gasteiger partial charge in [-0.25, -0.2) is 0 Å². The summed E-state index contributed by atoms with van der Waals surface area (Å²) in [7, 11) is 0. The van der Waals surface area contributed by atoms with Gasteiger partial charge in [0.15, 0.2) is 0 Å². The number of para-hydroxylation sites is 3. The summed E-state index contributed by atoms with van der Waals surface area (Å²) in [6.07, 6.45) is 0. The van der Waals surface area contributed by atoms with Crippen LogP contribution in [0.1, 0.15) is 114 Å². The van der Waals surface area contributed by atoms with Crippen LogP contribution >= 0.6 is 0 Å². The van der Waals surface area contributed by atoms with Crippen LogP contribution < -0.4 is 14.7 Å². The van der Waals surface area contributed by atoms with Gasteiger partial charge < -0.3 is 14.7 Å². The molecule has 0 saturated carbocycles. The van der Waals surface area contributed by atoms with E-state index in [2.05, 4.69) is 593 Å². The molecule has 3 spiro atoms. The van der Waals surface area contributed by atoms with Crippen LogP contribution in [0.15, 0.2) is 564 Å². The Balaban J connectivity index is 0.000000106. The maximum absolute atomic E-state index is 2.49.